The first-order valence-electron chi connectivity index (χ1n) is 7.92. The SMILES string of the molecule is CCCCc1c(C)nn(C(=O)COc2ccccc2OC)c1C. The van der Waals surface area contributed by atoms with Crippen LogP contribution in [-0.2, 0) is 6.42 Å². The highest BCUT2D eigenvalue weighted by Gasteiger charge is 2.17. The van der Waals surface area contributed by atoms with Crippen molar-refractivity contribution in [2.45, 2.75) is 40.0 Å². The standard InChI is InChI=1S/C18H24N2O3/c1-5-6-9-15-13(2)19-20(14(15)3)18(21)12-23-17-11-8-7-10-16(17)22-4/h7-8,10-11H,5-6,9,12H2,1-4H3. The number of benzene rings is 1. The van der Waals surface area contributed by atoms with Crippen molar-refractivity contribution in [1.29, 1.82) is 0 Å². The van der Waals surface area contributed by atoms with Crippen molar-refractivity contribution < 1.29 is 14.3 Å². The molecular formula is C18H24N2O3. The normalized spacial score (nSPS) is 10.6. The van der Waals surface area contributed by atoms with E-state index in [0.717, 1.165) is 36.2 Å². The molecule has 0 spiro atoms. The van der Waals surface area contributed by atoms with Crippen LogP contribution < -0.4 is 9.47 Å². The van der Waals surface area contributed by atoms with E-state index in [-0.39, 0.29) is 12.5 Å². The van der Waals surface area contributed by atoms with Gasteiger partial charge in [-0.1, -0.05) is 25.5 Å². The average molecular weight is 316 g/mol. The molecule has 1 aromatic heterocycles. The van der Waals surface area contributed by atoms with Crippen LogP contribution in [0.4, 0.5) is 0 Å². The molecule has 0 fully saturated rings. The van der Waals surface area contributed by atoms with E-state index in [0.29, 0.717) is 11.5 Å². The molecule has 0 saturated carbocycles. The molecule has 124 valence electrons. The Morgan fingerprint density at radius 3 is 2.57 bits per heavy atom. The number of nitrogens with zero attached hydrogens (tertiary/aromatic N) is 2. The minimum Gasteiger partial charge on any atom is -0.493 e. The number of hydrogen-bond donors (Lipinski definition) is 0. The Morgan fingerprint density at radius 2 is 1.91 bits per heavy atom. The Morgan fingerprint density at radius 1 is 1.22 bits per heavy atom. The predicted octanol–water partition coefficient (Wildman–Crippen LogP) is 3.57. The van der Waals surface area contributed by atoms with Crippen LogP contribution in [0.25, 0.3) is 0 Å². The topological polar surface area (TPSA) is 53.4 Å². The summed E-state index contributed by atoms with van der Waals surface area (Å²) >= 11 is 0. The summed E-state index contributed by atoms with van der Waals surface area (Å²) in [7, 11) is 1.57. The molecule has 0 aliphatic heterocycles. The monoisotopic (exact) mass is 316 g/mol. The molecule has 0 bridgehead atoms. The van der Waals surface area contributed by atoms with E-state index in [9.17, 15) is 4.79 Å². The lowest BCUT2D eigenvalue weighted by Crippen LogP contribution is -2.22. The van der Waals surface area contributed by atoms with Crippen LogP contribution >= 0.6 is 0 Å². The average Bonchev–Trinajstić information content (AvgIpc) is 2.85. The molecule has 5 nitrogen and oxygen atoms in total. The van der Waals surface area contributed by atoms with Gasteiger partial charge in [0.25, 0.3) is 5.91 Å². The van der Waals surface area contributed by atoms with Gasteiger partial charge in [-0.15, -0.1) is 0 Å². The van der Waals surface area contributed by atoms with E-state index in [4.69, 9.17) is 9.47 Å². The zero-order chi connectivity index (χ0) is 16.8. The lowest BCUT2D eigenvalue weighted by atomic mass is 10.1. The molecule has 0 aliphatic rings. The van der Waals surface area contributed by atoms with E-state index in [2.05, 4.69) is 12.0 Å². The number of aromatic nitrogens is 2. The third kappa shape index (κ3) is 3.92. The number of unbranched alkanes of at least 4 members (excludes halogenated alkanes) is 1. The molecule has 1 heterocycles. The van der Waals surface area contributed by atoms with Crippen LogP contribution in [0, 0.1) is 13.8 Å². The Hall–Kier alpha value is -2.30. The van der Waals surface area contributed by atoms with Crippen LogP contribution in [0.1, 0.15) is 41.5 Å². The summed E-state index contributed by atoms with van der Waals surface area (Å²) in [6.07, 6.45) is 3.17. The predicted molar refractivity (Wildman–Crippen MR) is 89.4 cm³/mol. The van der Waals surface area contributed by atoms with E-state index in [1.165, 1.54) is 4.68 Å². The number of para-hydroxylation sites is 2. The summed E-state index contributed by atoms with van der Waals surface area (Å²) in [6, 6.07) is 7.27. The maximum absolute atomic E-state index is 12.4. The van der Waals surface area contributed by atoms with Gasteiger partial charge < -0.3 is 9.47 Å². The fourth-order valence-corrected chi connectivity index (χ4v) is 2.57. The summed E-state index contributed by atoms with van der Waals surface area (Å²) in [5.41, 5.74) is 2.99. The molecule has 0 atom stereocenters. The number of carbonyl (C=O) groups is 1. The molecule has 0 N–H and O–H groups in total. The van der Waals surface area contributed by atoms with Crippen molar-refractivity contribution in [3.05, 3.63) is 41.2 Å². The number of aryl methyl sites for hydroxylation is 1. The molecule has 0 aliphatic carbocycles. The van der Waals surface area contributed by atoms with Gasteiger partial charge in [0, 0.05) is 5.69 Å². The molecule has 0 saturated heterocycles. The van der Waals surface area contributed by atoms with E-state index in [1.807, 2.05) is 26.0 Å². The number of hydrogen-bond acceptors (Lipinski definition) is 4. The summed E-state index contributed by atoms with van der Waals surface area (Å²) in [5.74, 6) is 0.979. The molecule has 0 unspecified atom stereocenters. The summed E-state index contributed by atoms with van der Waals surface area (Å²) in [6.45, 7) is 5.96. The van der Waals surface area contributed by atoms with Crippen LogP contribution in [0.15, 0.2) is 24.3 Å². The minimum atomic E-state index is -0.181. The Balaban J connectivity index is 2.09. The van der Waals surface area contributed by atoms with Crippen LogP contribution in [0.5, 0.6) is 11.5 Å². The summed E-state index contributed by atoms with van der Waals surface area (Å²) < 4.78 is 12.3. The van der Waals surface area contributed by atoms with Crippen molar-refractivity contribution >= 4 is 5.91 Å². The van der Waals surface area contributed by atoms with E-state index in [1.54, 1.807) is 19.2 Å². The summed E-state index contributed by atoms with van der Waals surface area (Å²) in [5, 5.41) is 4.37. The fourth-order valence-electron chi connectivity index (χ4n) is 2.57. The van der Waals surface area contributed by atoms with Crippen molar-refractivity contribution in [1.82, 2.24) is 9.78 Å². The zero-order valence-corrected chi connectivity index (χ0v) is 14.3. The van der Waals surface area contributed by atoms with Crippen LogP contribution in [-0.4, -0.2) is 29.4 Å². The van der Waals surface area contributed by atoms with Crippen LogP contribution in [0.2, 0.25) is 0 Å². The lowest BCUT2D eigenvalue weighted by Gasteiger charge is -2.10. The van der Waals surface area contributed by atoms with Crippen molar-refractivity contribution in [2.24, 2.45) is 0 Å². The second kappa shape index (κ2) is 7.81. The molecule has 0 radical (unpaired) electrons. The first-order valence-corrected chi connectivity index (χ1v) is 7.92. The molecule has 0 amide bonds. The second-order valence-corrected chi connectivity index (χ2v) is 5.50. The van der Waals surface area contributed by atoms with Gasteiger partial charge in [-0.25, -0.2) is 4.68 Å². The van der Waals surface area contributed by atoms with Crippen molar-refractivity contribution in [3.63, 3.8) is 0 Å². The molecule has 23 heavy (non-hydrogen) atoms. The minimum absolute atomic E-state index is 0.0739. The third-order valence-corrected chi connectivity index (χ3v) is 3.88. The second-order valence-electron chi connectivity index (χ2n) is 5.50. The third-order valence-electron chi connectivity index (χ3n) is 3.88. The Labute approximate surface area is 137 Å². The Kier molecular flexibility index (Phi) is 5.79. The van der Waals surface area contributed by atoms with Gasteiger partial charge in [-0.3, -0.25) is 4.79 Å². The quantitative estimate of drug-likeness (QED) is 0.783. The van der Waals surface area contributed by atoms with Gasteiger partial charge in [0.1, 0.15) is 0 Å². The number of methoxy groups -OCH3 is 1. The first kappa shape index (κ1) is 17.1. The number of ether oxygens (including phenoxy) is 2. The van der Waals surface area contributed by atoms with Gasteiger partial charge in [0.2, 0.25) is 0 Å². The highest BCUT2D eigenvalue weighted by atomic mass is 16.5. The molecule has 5 heteroatoms. The largest absolute Gasteiger partial charge is 0.493 e. The van der Waals surface area contributed by atoms with Gasteiger partial charge >= 0.3 is 0 Å². The Bertz CT molecular complexity index is 677. The molecule has 2 rings (SSSR count). The zero-order valence-electron chi connectivity index (χ0n) is 14.3. The van der Waals surface area contributed by atoms with E-state index < -0.39 is 0 Å². The molecule has 1 aromatic carbocycles. The van der Waals surface area contributed by atoms with Gasteiger partial charge in [-0.2, -0.15) is 5.10 Å². The summed E-state index contributed by atoms with van der Waals surface area (Å²) in [4.78, 5) is 12.4. The first-order chi connectivity index (χ1) is 11.1. The van der Waals surface area contributed by atoms with E-state index >= 15 is 0 Å². The maximum atomic E-state index is 12.4. The highest BCUT2D eigenvalue weighted by Crippen LogP contribution is 2.25. The molecule has 2 aromatic rings. The number of rotatable bonds is 7. The van der Waals surface area contributed by atoms with Crippen molar-refractivity contribution in [2.75, 3.05) is 13.7 Å². The van der Waals surface area contributed by atoms with Gasteiger partial charge in [0.15, 0.2) is 18.1 Å². The number of carbonyl (C=O) groups excluding carboxylic acids is 1. The fraction of sp³-hybridized carbons (Fsp3) is 0.444. The highest BCUT2D eigenvalue weighted by molar-refractivity contribution is 5.80. The van der Waals surface area contributed by atoms with Crippen LogP contribution in [0.3, 0.4) is 0 Å². The van der Waals surface area contributed by atoms with Crippen molar-refractivity contribution in [3.8, 4) is 11.5 Å². The van der Waals surface area contributed by atoms with Gasteiger partial charge in [-0.05, 0) is 44.4 Å². The maximum Gasteiger partial charge on any atom is 0.284 e. The smallest absolute Gasteiger partial charge is 0.284 e. The molecular weight excluding hydrogens is 292 g/mol. The lowest BCUT2D eigenvalue weighted by molar-refractivity contribution is 0.0816. The van der Waals surface area contributed by atoms with Gasteiger partial charge in [0.05, 0.1) is 12.8 Å².